The van der Waals surface area contributed by atoms with Crippen LogP contribution in [0.3, 0.4) is 0 Å². The van der Waals surface area contributed by atoms with E-state index in [4.69, 9.17) is 11.6 Å². The first kappa shape index (κ1) is 10.1. The lowest BCUT2D eigenvalue weighted by atomic mass is 10.0. The molecule has 0 aliphatic carbocycles. The molecule has 3 heteroatoms. The lowest BCUT2D eigenvalue weighted by molar-refractivity contribution is 0.108. The van der Waals surface area contributed by atoms with Crippen molar-refractivity contribution in [2.75, 3.05) is 0 Å². The molecule has 0 atom stereocenters. The highest BCUT2D eigenvalue weighted by molar-refractivity contribution is 6.67. The Kier molecular flexibility index (Phi) is 3.32. The van der Waals surface area contributed by atoms with Crippen LogP contribution >= 0.6 is 11.6 Å². The van der Waals surface area contributed by atoms with E-state index in [-0.39, 0.29) is 5.75 Å². The number of carbonyl (C=O) groups excluding carboxylic acids is 1. The standard InChI is InChI=1S/C10H11ClO2/c1-2-4-7-8(10(11)13)5-3-6-9(7)12/h3,5-6,12H,2,4H2,1H3. The second-order valence-electron chi connectivity index (χ2n) is 2.83. The molecule has 0 aliphatic heterocycles. The fourth-order valence-corrected chi connectivity index (χ4v) is 1.45. The summed E-state index contributed by atoms with van der Waals surface area (Å²) in [5.74, 6) is 0.147. The summed E-state index contributed by atoms with van der Waals surface area (Å²) in [5.41, 5.74) is 1.05. The van der Waals surface area contributed by atoms with E-state index in [0.717, 1.165) is 6.42 Å². The topological polar surface area (TPSA) is 37.3 Å². The molecule has 0 fully saturated rings. The van der Waals surface area contributed by atoms with Gasteiger partial charge in [0.15, 0.2) is 0 Å². The van der Waals surface area contributed by atoms with Gasteiger partial charge in [-0.05, 0) is 30.2 Å². The molecule has 70 valence electrons. The van der Waals surface area contributed by atoms with E-state index in [1.54, 1.807) is 18.2 Å². The molecule has 2 nitrogen and oxygen atoms in total. The number of phenols is 1. The Balaban J connectivity index is 3.17. The molecule has 0 heterocycles. The van der Waals surface area contributed by atoms with Crippen LogP contribution in [0.1, 0.15) is 29.3 Å². The summed E-state index contributed by atoms with van der Waals surface area (Å²) in [5, 5.41) is 8.95. The van der Waals surface area contributed by atoms with Gasteiger partial charge in [0.2, 0.25) is 0 Å². The molecule has 1 aromatic rings. The molecule has 0 amide bonds. The fourth-order valence-electron chi connectivity index (χ4n) is 1.27. The Hall–Kier alpha value is -1.02. The summed E-state index contributed by atoms with van der Waals surface area (Å²) < 4.78 is 0. The number of phenolic OH excluding ortho intramolecular Hbond substituents is 1. The van der Waals surface area contributed by atoms with Crippen molar-refractivity contribution < 1.29 is 9.90 Å². The fraction of sp³-hybridized carbons (Fsp3) is 0.300. The van der Waals surface area contributed by atoms with Crippen LogP contribution in [0, 0.1) is 0 Å². The second-order valence-corrected chi connectivity index (χ2v) is 3.17. The molecular weight excluding hydrogens is 188 g/mol. The van der Waals surface area contributed by atoms with Crippen LogP contribution in [0.5, 0.6) is 5.75 Å². The molecule has 0 radical (unpaired) electrons. The summed E-state index contributed by atoms with van der Waals surface area (Å²) >= 11 is 5.37. The average Bonchev–Trinajstić information content (AvgIpc) is 2.08. The molecule has 0 aliphatic rings. The molecule has 0 saturated heterocycles. The third kappa shape index (κ3) is 2.22. The van der Waals surface area contributed by atoms with Crippen LogP contribution in [0.15, 0.2) is 18.2 Å². The van der Waals surface area contributed by atoms with Gasteiger partial charge in [-0.3, -0.25) is 4.79 Å². The highest BCUT2D eigenvalue weighted by Gasteiger charge is 2.11. The van der Waals surface area contributed by atoms with E-state index >= 15 is 0 Å². The second kappa shape index (κ2) is 4.28. The predicted molar refractivity (Wildman–Crippen MR) is 52.3 cm³/mol. The van der Waals surface area contributed by atoms with Crippen molar-refractivity contribution in [1.82, 2.24) is 0 Å². The van der Waals surface area contributed by atoms with E-state index in [9.17, 15) is 9.90 Å². The normalized spacial score (nSPS) is 10.0. The van der Waals surface area contributed by atoms with Gasteiger partial charge in [-0.15, -0.1) is 0 Å². The van der Waals surface area contributed by atoms with Crippen molar-refractivity contribution in [2.45, 2.75) is 19.8 Å². The van der Waals surface area contributed by atoms with Crippen molar-refractivity contribution in [3.63, 3.8) is 0 Å². The number of aromatic hydroxyl groups is 1. The first-order valence-electron chi connectivity index (χ1n) is 4.17. The molecule has 0 saturated carbocycles. The number of rotatable bonds is 3. The molecular formula is C10H11ClO2. The maximum absolute atomic E-state index is 10.9. The largest absolute Gasteiger partial charge is 0.508 e. The molecule has 0 unspecified atom stereocenters. The van der Waals surface area contributed by atoms with Crippen molar-refractivity contribution in [3.8, 4) is 5.75 Å². The average molecular weight is 199 g/mol. The molecule has 13 heavy (non-hydrogen) atoms. The third-order valence-electron chi connectivity index (χ3n) is 1.86. The van der Waals surface area contributed by atoms with Crippen molar-refractivity contribution in [2.24, 2.45) is 0 Å². The smallest absolute Gasteiger partial charge is 0.252 e. The molecule has 0 spiro atoms. The Morgan fingerprint density at radius 1 is 1.54 bits per heavy atom. The summed E-state index contributed by atoms with van der Waals surface area (Å²) in [6.45, 7) is 1.98. The maximum Gasteiger partial charge on any atom is 0.252 e. The van der Waals surface area contributed by atoms with Gasteiger partial charge in [0.1, 0.15) is 5.75 Å². The monoisotopic (exact) mass is 198 g/mol. The summed E-state index contributed by atoms with van der Waals surface area (Å²) in [6.07, 6.45) is 1.54. The van der Waals surface area contributed by atoms with E-state index in [1.165, 1.54) is 0 Å². The van der Waals surface area contributed by atoms with Crippen molar-refractivity contribution in [3.05, 3.63) is 29.3 Å². The number of carbonyl (C=O) groups is 1. The van der Waals surface area contributed by atoms with Gasteiger partial charge in [-0.1, -0.05) is 19.4 Å². The van der Waals surface area contributed by atoms with Crippen LogP contribution in [0.25, 0.3) is 0 Å². The number of benzene rings is 1. The van der Waals surface area contributed by atoms with E-state index in [0.29, 0.717) is 17.5 Å². The molecule has 1 aromatic carbocycles. The van der Waals surface area contributed by atoms with Gasteiger partial charge in [-0.25, -0.2) is 0 Å². The highest BCUT2D eigenvalue weighted by Crippen LogP contribution is 2.23. The lowest BCUT2D eigenvalue weighted by Crippen LogP contribution is -1.97. The molecule has 1 N–H and O–H groups in total. The van der Waals surface area contributed by atoms with Crippen LogP contribution in [-0.4, -0.2) is 10.3 Å². The zero-order valence-corrected chi connectivity index (χ0v) is 8.14. The number of hydrogen-bond donors (Lipinski definition) is 1. The van der Waals surface area contributed by atoms with Crippen LogP contribution < -0.4 is 0 Å². The summed E-state index contributed by atoms with van der Waals surface area (Å²) in [4.78, 5) is 10.9. The Bertz CT molecular complexity index is 321. The van der Waals surface area contributed by atoms with Crippen LogP contribution in [0.4, 0.5) is 0 Å². The van der Waals surface area contributed by atoms with E-state index < -0.39 is 5.24 Å². The van der Waals surface area contributed by atoms with Gasteiger partial charge in [0.05, 0.1) is 0 Å². The number of halogens is 1. The van der Waals surface area contributed by atoms with Crippen LogP contribution in [-0.2, 0) is 6.42 Å². The lowest BCUT2D eigenvalue weighted by Gasteiger charge is -2.06. The van der Waals surface area contributed by atoms with E-state index in [2.05, 4.69) is 0 Å². The first-order chi connectivity index (χ1) is 6.16. The van der Waals surface area contributed by atoms with Crippen LogP contribution in [0.2, 0.25) is 0 Å². The van der Waals surface area contributed by atoms with Crippen molar-refractivity contribution in [1.29, 1.82) is 0 Å². The third-order valence-corrected chi connectivity index (χ3v) is 2.07. The molecule has 0 aromatic heterocycles. The highest BCUT2D eigenvalue weighted by atomic mass is 35.5. The van der Waals surface area contributed by atoms with E-state index in [1.807, 2.05) is 6.92 Å². The zero-order chi connectivity index (χ0) is 9.84. The quantitative estimate of drug-likeness (QED) is 0.759. The first-order valence-corrected chi connectivity index (χ1v) is 4.55. The Morgan fingerprint density at radius 2 is 2.23 bits per heavy atom. The summed E-state index contributed by atoms with van der Waals surface area (Å²) in [7, 11) is 0. The summed E-state index contributed by atoms with van der Waals surface area (Å²) in [6, 6.07) is 4.80. The zero-order valence-electron chi connectivity index (χ0n) is 7.38. The number of hydrogen-bond acceptors (Lipinski definition) is 2. The molecule has 1 rings (SSSR count). The van der Waals surface area contributed by atoms with Gasteiger partial charge in [0.25, 0.3) is 5.24 Å². The van der Waals surface area contributed by atoms with Gasteiger partial charge in [-0.2, -0.15) is 0 Å². The minimum Gasteiger partial charge on any atom is -0.508 e. The SMILES string of the molecule is CCCc1c(O)cccc1C(=O)Cl. The van der Waals surface area contributed by atoms with Gasteiger partial charge >= 0.3 is 0 Å². The Labute approximate surface area is 82.2 Å². The Morgan fingerprint density at radius 3 is 2.77 bits per heavy atom. The van der Waals surface area contributed by atoms with Crippen molar-refractivity contribution >= 4 is 16.8 Å². The minimum absolute atomic E-state index is 0.147. The molecule has 0 bridgehead atoms. The van der Waals surface area contributed by atoms with Gasteiger partial charge < -0.3 is 5.11 Å². The van der Waals surface area contributed by atoms with Gasteiger partial charge in [0, 0.05) is 11.1 Å². The minimum atomic E-state index is -0.514. The maximum atomic E-state index is 10.9. The predicted octanol–water partition coefficient (Wildman–Crippen LogP) is 2.72.